The number of nitro benzene ring substituents is 1. The maximum absolute atomic E-state index is 10.9. The first-order chi connectivity index (χ1) is 8.59. The molecule has 5 heteroatoms. The van der Waals surface area contributed by atoms with Gasteiger partial charge in [0.2, 0.25) is 0 Å². The van der Waals surface area contributed by atoms with Crippen LogP contribution in [0.25, 0.3) is 11.1 Å². The lowest BCUT2D eigenvalue weighted by atomic mass is 10.0. The highest BCUT2D eigenvalue weighted by atomic mass is 32.1. The molecule has 0 aliphatic rings. The summed E-state index contributed by atoms with van der Waals surface area (Å²) in [6.07, 6.45) is 0. The van der Waals surface area contributed by atoms with Gasteiger partial charge in [0.05, 0.1) is 10.5 Å². The number of hydrogen-bond acceptors (Lipinski definition) is 3. The molecule has 0 amide bonds. The summed E-state index contributed by atoms with van der Waals surface area (Å²) >= 11 is 4.86. The van der Waals surface area contributed by atoms with Crippen LogP contribution in [0.2, 0.25) is 0 Å². The van der Waals surface area contributed by atoms with Crippen molar-refractivity contribution < 1.29 is 4.92 Å². The van der Waals surface area contributed by atoms with Crippen molar-refractivity contribution in [2.75, 3.05) is 0 Å². The molecule has 0 heterocycles. The number of thiocarbonyl (C=S) groups is 1. The summed E-state index contributed by atoms with van der Waals surface area (Å²) in [6, 6.07) is 13.7. The van der Waals surface area contributed by atoms with Crippen molar-refractivity contribution in [3.8, 4) is 11.1 Å². The Hall–Kier alpha value is -2.27. The molecule has 4 nitrogen and oxygen atoms in total. The van der Waals surface area contributed by atoms with Gasteiger partial charge in [0.15, 0.2) is 0 Å². The van der Waals surface area contributed by atoms with Crippen molar-refractivity contribution in [3.63, 3.8) is 0 Å². The number of benzene rings is 2. The minimum atomic E-state index is -0.392. The fourth-order valence-corrected chi connectivity index (χ4v) is 1.83. The smallest absolute Gasteiger partial charge is 0.277 e. The molecule has 2 N–H and O–H groups in total. The highest BCUT2D eigenvalue weighted by Gasteiger charge is 2.13. The number of rotatable bonds is 3. The molecule has 0 saturated heterocycles. The van der Waals surface area contributed by atoms with Crippen LogP contribution in [-0.4, -0.2) is 9.91 Å². The predicted octanol–water partition coefficient (Wildman–Crippen LogP) is 2.90. The minimum Gasteiger partial charge on any atom is -0.389 e. The summed E-state index contributed by atoms with van der Waals surface area (Å²) in [4.78, 5) is 10.9. The Balaban J connectivity index is 2.49. The largest absolute Gasteiger partial charge is 0.389 e. The predicted molar refractivity (Wildman–Crippen MR) is 74.4 cm³/mol. The fraction of sp³-hybridized carbons (Fsp3) is 0. The van der Waals surface area contributed by atoms with E-state index in [2.05, 4.69) is 0 Å². The first-order valence-corrected chi connectivity index (χ1v) is 5.64. The zero-order valence-electron chi connectivity index (χ0n) is 9.37. The van der Waals surface area contributed by atoms with E-state index in [-0.39, 0.29) is 5.69 Å². The average Bonchev–Trinajstić information content (AvgIpc) is 2.39. The molecule has 0 spiro atoms. The summed E-state index contributed by atoms with van der Waals surface area (Å²) in [5.74, 6) is 0. The number of para-hydroxylation sites is 1. The topological polar surface area (TPSA) is 69.2 Å². The van der Waals surface area contributed by atoms with E-state index in [1.807, 2.05) is 0 Å². The third-order valence-electron chi connectivity index (χ3n) is 2.58. The second-order valence-corrected chi connectivity index (χ2v) is 4.16. The Bertz CT molecular complexity index is 609. The van der Waals surface area contributed by atoms with E-state index >= 15 is 0 Å². The molecule has 2 rings (SSSR count). The summed E-state index contributed by atoms with van der Waals surface area (Å²) < 4.78 is 0. The molecule has 18 heavy (non-hydrogen) atoms. The maximum atomic E-state index is 10.9. The van der Waals surface area contributed by atoms with E-state index < -0.39 is 4.92 Å². The molecule has 2 aromatic rings. The maximum Gasteiger partial charge on any atom is 0.277 e. The first-order valence-electron chi connectivity index (χ1n) is 5.23. The number of hydrogen-bond donors (Lipinski definition) is 1. The molecule has 2 aromatic carbocycles. The summed E-state index contributed by atoms with van der Waals surface area (Å²) in [5, 5.41) is 10.9. The van der Waals surface area contributed by atoms with E-state index in [9.17, 15) is 10.1 Å². The van der Waals surface area contributed by atoms with E-state index in [0.29, 0.717) is 10.6 Å². The van der Waals surface area contributed by atoms with Crippen LogP contribution in [-0.2, 0) is 0 Å². The normalized spacial score (nSPS) is 10.0. The Morgan fingerprint density at radius 3 is 2.28 bits per heavy atom. The van der Waals surface area contributed by atoms with Crippen LogP contribution in [0.1, 0.15) is 5.56 Å². The van der Waals surface area contributed by atoms with Crippen LogP contribution in [0.15, 0.2) is 48.5 Å². The zero-order chi connectivity index (χ0) is 13.1. The first kappa shape index (κ1) is 12.2. The van der Waals surface area contributed by atoms with Crippen molar-refractivity contribution in [1.29, 1.82) is 0 Å². The standard InChI is InChI=1S/C13H10N2O2S/c14-13(18)10-7-5-9(6-8-10)11-3-1-2-4-12(11)15(16)17/h1-8H,(H2,14,18). The number of nitrogens with two attached hydrogens (primary N) is 1. The summed E-state index contributed by atoms with van der Waals surface area (Å²) in [6.45, 7) is 0. The van der Waals surface area contributed by atoms with E-state index in [1.54, 1.807) is 42.5 Å². The van der Waals surface area contributed by atoms with Crippen molar-refractivity contribution in [2.45, 2.75) is 0 Å². The van der Waals surface area contributed by atoms with E-state index in [1.165, 1.54) is 6.07 Å². The van der Waals surface area contributed by atoms with Gasteiger partial charge < -0.3 is 5.73 Å². The minimum absolute atomic E-state index is 0.0839. The van der Waals surface area contributed by atoms with E-state index in [4.69, 9.17) is 18.0 Å². The molecule has 0 bridgehead atoms. The van der Waals surface area contributed by atoms with Crippen LogP contribution in [0, 0.1) is 10.1 Å². The molecule has 0 aliphatic carbocycles. The van der Waals surface area contributed by atoms with Gasteiger partial charge in [-0.15, -0.1) is 0 Å². The summed E-state index contributed by atoms with van der Waals surface area (Å²) in [7, 11) is 0. The third kappa shape index (κ3) is 2.36. The van der Waals surface area contributed by atoms with Crippen LogP contribution in [0.4, 0.5) is 5.69 Å². The number of nitro groups is 1. The fourth-order valence-electron chi connectivity index (χ4n) is 1.69. The van der Waals surface area contributed by atoms with E-state index in [0.717, 1.165) is 11.1 Å². The Kier molecular flexibility index (Phi) is 3.34. The van der Waals surface area contributed by atoms with Crippen molar-refractivity contribution in [1.82, 2.24) is 0 Å². The quantitative estimate of drug-likeness (QED) is 0.522. The van der Waals surface area contributed by atoms with Gasteiger partial charge in [0.25, 0.3) is 5.69 Å². The summed E-state index contributed by atoms with van der Waals surface area (Å²) in [5.41, 5.74) is 7.68. The highest BCUT2D eigenvalue weighted by molar-refractivity contribution is 7.80. The van der Waals surface area contributed by atoms with Crippen molar-refractivity contribution >= 4 is 22.9 Å². The second-order valence-electron chi connectivity index (χ2n) is 3.72. The van der Waals surface area contributed by atoms with Gasteiger partial charge in [-0.1, -0.05) is 48.6 Å². The Labute approximate surface area is 109 Å². The molecule has 0 fully saturated rings. The van der Waals surface area contributed by atoms with Gasteiger partial charge in [-0.05, 0) is 11.6 Å². The van der Waals surface area contributed by atoms with Gasteiger partial charge in [-0.2, -0.15) is 0 Å². The molecule has 0 aromatic heterocycles. The van der Waals surface area contributed by atoms with Gasteiger partial charge >= 0.3 is 0 Å². The molecule has 0 aliphatic heterocycles. The van der Waals surface area contributed by atoms with Crippen molar-refractivity contribution in [3.05, 3.63) is 64.2 Å². The lowest BCUT2D eigenvalue weighted by Crippen LogP contribution is -2.08. The van der Waals surface area contributed by atoms with Crippen LogP contribution >= 0.6 is 12.2 Å². The molecular formula is C13H10N2O2S. The SMILES string of the molecule is NC(=S)c1ccc(-c2ccccc2[N+](=O)[O-])cc1. The average molecular weight is 258 g/mol. The van der Waals surface area contributed by atoms with Gasteiger partial charge in [0, 0.05) is 11.6 Å². The zero-order valence-corrected chi connectivity index (χ0v) is 10.2. The molecule has 0 atom stereocenters. The Morgan fingerprint density at radius 1 is 1.11 bits per heavy atom. The molecule has 0 unspecified atom stereocenters. The molecule has 0 saturated carbocycles. The lowest BCUT2D eigenvalue weighted by Gasteiger charge is -2.04. The van der Waals surface area contributed by atoms with Crippen LogP contribution < -0.4 is 5.73 Å². The Morgan fingerprint density at radius 2 is 1.72 bits per heavy atom. The second kappa shape index (κ2) is 4.93. The van der Waals surface area contributed by atoms with Gasteiger partial charge in [-0.25, -0.2) is 0 Å². The van der Waals surface area contributed by atoms with Crippen LogP contribution in [0.5, 0.6) is 0 Å². The molecular weight excluding hydrogens is 248 g/mol. The highest BCUT2D eigenvalue weighted by Crippen LogP contribution is 2.29. The van der Waals surface area contributed by atoms with Gasteiger partial charge in [0.1, 0.15) is 4.99 Å². The lowest BCUT2D eigenvalue weighted by molar-refractivity contribution is -0.384. The van der Waals surface area contributed by atoms with Crippen molar-refractivity contribution in [2.24, 2.45) is 5.73 Å². The van der Waals surface area contributed by atoms with Crippen LogP contribution in [0.3, 0.4) is 0 Å². The molecule has 90 valence electrons. The third-order valence-corrected chi connectivity index (χ3v) is 2.82. The monoisotopic (exact) mass is 258 g/mol. The van der Waals surface area contributed by atoms with Gasteiger partial charge in [-0.3, -0.25) is 10.1 Å². The number of nitrogens with zero attached hydrogens (tertiary/aromatic N) is 1. The molecule has 0 radical (unpaired) electrons.